The lowest BCUT2D eigenvalue weighted by atomic mass is 9.86. The maximum absolute atomic E-state index is 8.35. The van der Waals surface area contributed by atoms with Gasteiger partial charge in [0.25, 0.3) is 0 Å². The molecule has 0 bridgehead atoms. The van der Waals surface area contributed by atoms with Gasteiger partial charge in [0.15, 0.2) is 0 Å². The first-order valence-corrected chi connectivity index (χ1v) is 2.38. The van der Waals surface area contributed by atoms with Gasteiger partial charge in [0.2, 0.25) is 0 Å². The lowest BCUT2D eigenvalue weighted by Crippen LogP contribution is -2.11. The maximum atomic E-state index is 8.35. The van der Waals surface area contributed by atoms with Crippen LogP contribution < -0.4 is 0 Å². The van der Waals surface area contributed by atoms with Gasteiger partial charge in [0.1, 0.15) is 0 Å². The lowest BCUT2D eigenvalue weighted by Gasteiger charge is -2.21. The summed E-state index contributed by atoms with van der Waals surface area (Å²) in [7, 11) is 0. The molecule has 0 saturated heterocycles. The first-order chi connectivity index (χ1) is 2.93. The Morgan fingerprint density at radius 2 is 2.17 bits per heavy atom. The summed E-state index contributed by atoms with van der Waals surface area (Å²) in [5.41, 5.74) is 0. The van der Waals surface area contributed by atoms with Gasteiger partial charge in [-0.2, -0.15) is 0 Å². The molecule has 1 saturated carbocycles. The summed E-state index contributed by atoms with van der Waals surface area (Å²) in [4.78, 5) is 0. The van der Waals surface area contributed by atoms with Crippen molar-refractivity contribution < 1.29 is 5.11 Å². The second-order valence-corrected chi connectivity index (χ2v) is 1.76. The number of hydrogen-bond donors (Lipinski definition) is 1. The molecule has 0 aliphatic heterocycles. The normalized spacial score (nSPS) is 23.5. The van der Waals surface area contributed by atoms with Crippen molar-refractivity contribution in [2.75, 3.05) is 6.61 Å². The average Bonchev–Trinajstić information content (AvgIpc) is 1.31. The quantitative estimate of drug-likeness (QED) is 0.498. The highest BCUT2D eigenvalue weighted by Crippen LogP contribution is 2.27. The Balaban J connectivity index is 2.01. The Morgan fingerprint density at radius 3 is 2.17 bits per heavy atom. The van der Waals surface area contributed by atoms with E-state index in [9.17, 15) is 0 Å². The molecule has 0 heterocycles. The van der Waals surface area contributed by atoms with E-state index in [2.05, 4.69) is 0 Å². The summed E-state index contributed by atoms with van der Waals surface area (Å²) in [5.74, 6) is 1.33. The number of aliphatic hydroxyl groups is 1. The second kappa shape index (κ2) is 1.61. The van der Waals surface area contributed by atoms with Crippen LogP contribution in [0.3, 0.4) is 0 Å². The molecule has 35 valence electrons. The average molecular weight is 85.1 g/mol. The number of aliphatic hydroxyl groups excluding tert-OH is 1. The van der Waals surface area contributed by atoms with E-state index in [4.69, 9.17) is 5.11 Å². The molecule has 0 atom stereocenters. The Morgan fingerprint density at radius 1 is 1.50 bits per heavy atom. The molecule has 0 amide bonds. The third kappa shape index (κ3) is 0.548. The SMILES string of the molecule is OC[C]1CCC1. The van der Waals surface area contributed by atoms with E-state index < -0.39 is 0 Å². The minimum absolute atomic E-state index is 0.333. The minimum Gasteiger partial charge on any atom is -0.396 e. The molecular weight excluding hydrogens is 76.1 g/mol. The molecule has 1 aliphatic carbocycles. The van der Waals surface area contributed by atoms with Crippen LogP contribution in [0.2, 0.25) is 0 Å². The highest BCUT2D eigenvalue weighted by molar-refractivity contribution is 4.97. The van der Waals surface area contributed by atoms with Crippen LogP contribution >= 0.6 is 0 Å². The van der Waals surface area contributed by atoms with Crippen LogP contribution in [-0.2, 0) is 0 Å². The van der Waals surface area contributed by atoms with Gasteiger partial charge in [0.05, 0.1) is 0 Å². The van der Waals surface area contributed by atoms with Crippen LogP contribution in [0.15, 0.2) is 0 Å². The van der Waals surface area contributed by atoms with Crippen molar-refractivity contribution in [1.82, 2.24) is 0 Å². The summed E-state index contributed by atoms with van der Waals surface area (Å²) in [5, 5.41) is 8.35. The van der Waals surface area contributed by atoms with Gasteiger partial charge in [0, 0.05) is 12.5 Å². The van der Waals surface area contributed by atoms with Gasteiger partial charge in [-0.1, -0.05) is 6.42 Å². The third-order valence-electron chi connectivity index (χ3n) is 1.28. The van der Waals surface area contributed by atoms with E-state index in [1.807, 2.05) is 0 Å². The van der Waals surface area contributed by atoms with Crippen LogP contribution in [0, 0.1) is 5.92 Å². The molecule has 0 aromatic rings. The Labute approximate surface area is 38.0 Å². The highest BCUT2D eigenvalue weighted by atomic mass is 16.3. The van der Waals surface area contributed by atoms with Gasteiger partial charge in [-0.25, -0.2) is 0 Å². The van der Waals surface area contributed by atoms with Gasteiger partial charge < -0.3 is 5.11 Å². The van der Waals surface area contributed by atoms with E-state index >= 15 is 0 Å². The molecule has 6 heavy (non-hydrogen) atoms. The van der Waals surface area contributed by atoms with Crippen LogP contribution in [0.1, 0.15) is 19.3 Å². The molecule has 1 aliphatic rings. The van der Waals surface area contributed by atoms with Crippen LogP contribution in [-0.4, -0.2) is 11.7 Å². The van der Waals surface area contributed by atoms with E-state index in [-0.39, 0.29) is 0 Å². The summed E-state index contributed by atoms with van der Waals surface area (Å²) in [6.45, 7) is 0.333. The molecule has 0 aromatic heterocycles. The standard InChI is InChI=1S/C5H9O/c6-4-5-2-1-3-5/h6H,1-4H2. The Bertz CT molecular complexity index is 36.4. The van der Waals surface area contributed by atoms with Crippen LogP contribution in [0.4, 0.5) is 0 Å². The zero-order valence-electron chi connectivity index (χ0n) is 3.78. The summed E-state index contributed by atoms with van der Waals surface area (Å²) >= 11 is 0. The highest BCUT2D eigenvalue weighted by Gasteiger charge is 2.15. The Hall–Kier alpha value is -0.0400. The molecule has 0 aromatic carbocycles. The van der Waals surface area contributed by atoms with Crippen LogP contribution in [0.5, 0.6) is 0 Å². The van der Waals surface area contributed by atoms with E-state index in [1.54, 1.807) is 0 Å². The molecule has 0 unspecified atom stereocenters. The number of rotatable bonds is 1. The number of hydrogen-bond acceptors (Lipinski definition) is 1. The third-order valence-corrected chi connectivity index (χ3v) is 1.28. The molecule has 1 radical (unpaired) electrons. The van der Waals surface area contributed by atoms with Gasteiger partial charge in [-0.05, 0) is 12.8 Å². The van der Waals surface area contributed by atoms with Crippen molar-refractivity contribution in [1.29, 1.82) is 0 Å². The minimum atomic E-state index is 0.333. The smallest absolute Gasteiger partial charge is 0.0493 e. The van der Waals surface area contributed by atoms with Crippen molar-refractivity contribution in [3.63, 3.8) is 0 Å². The van der Waals surface area contributed by atoms with E-state index in [0.29, 0.717) is 6.61 Å². The topological polar surface area (TPSA) is 20.2 Å². The largest absolute Gasteiger partial charge is 0.396 e. The maximum Gasteiger partial charge on any atom is 0.0493 e. The van der Waals surface area contributed by atoms with Crippen molar-refractivity contribution in [2.24, 2.45) is 0 Å². The molecule has 1 fully saturated rings. The van der Waals surface area contributed by atoms with Gasteiger partial charge in [-0.3, -0.25) is 0 Å². The molecule has 1 rings (SSSR count). The fourth-order valence-electron chi connectivity index (χ4n) is 0.585. The predicted molar refractivity (Wildman–Crippen MR) is 24.2 cm³/mol. The fraction of sp³-hybridized carbons (Fsp3) is 0.800. The summed E-state index contributed by atoms with van der Waals surface area (Å²) in [6.07, 6.45) is 3.66. The van der Waals surface area contributed by atoms with Crippen molar-refractivity contribution in [3.8, 4) is 0 Å². The van der Waals surface area contributed by atoms with E-state index in [0.717, 1.165) is 0 Å². The van der Waals surface area contributed by atoms with Crippen LogP contribution in [0.25, 0.3) is 0 Å². The molecular formula is C5H9O. The first-order valence-electron chi connectivity index (χ1n) is 2.38. The monoisotopic (exact) mass is 85.1 g/mol. The van der Waals surface area contributed by atoms with Crippen molar-refractivity contribution in [2.45, 2.75) is 19.3 Å². The van der Waals surface area contributed by atoms with Gasteiger partial charge in [-0.15, -0.1) is 0 Å². The van der Waals surface area contributed by atoms with Crippen molar-refractivity contribution >= 4 is 0 Å². The first kappa shape index (κ1) is 4.13. The molecule has 0 spiro atoms. The van der Waals surface area contributed by atoms with Crippen molar-refractivity contribution in [3.05, 3.63) is 5.92 Å². The fourth-order valence-corrected chi connectivity index (χ4v) is 0.585. The zero-order chi connectivity index (χ0) is 4.41. The summed E-state index contributed by atoms with van der Waals surface area (Å²) < 4.78 is 0. The van der Waals surface area contributed by atoms with E-state index in [1.165, 1.54) is 25.2 Å². The summed E-state index contributed by atoms with van der Waals surface area (Å²) in [6, 6.07) is 0. The molecule has 1 heteroatoms. The molecule has 1 N–H and O–H groups in total. The lowest BCUT2D eigenvalue weighted by molar-refractivity contribution is 0.271. The van der Waals surface area contributed by atoms with Gasteiger partial charge >= 0.3 is 0 Å². The zero-order valence-corrected chi connectivity index (χ0v) is 3.78. The molecule has 1 nitrogen and oxygen atoms in total. The Kier molecular flexibility index (Phi) is 1.10. The predicted octanol–water partition coefficient (Wildman–Crippen LogP) is 0.737. The second-order valence-electron chi connectivity index (χ2n) is 1.76.